The zero-order valence-electron chi connectivity index (χ0n) is 45.2. The summed E-state index contributed by atoms with van der Waals surface area (Å²) in [6, 6.07) is -0.822. The molecule has 0 aromatic carbocycles. The average molecular weight is 1020 g/mol. The van der Waals surface area contributed by atoms with Crippen molar-refractivity contribution >= 4 is 5.91 Å². The third-order valence-electron chi connectivity index (χ3n) is 15.1. The number of hydrogen-bond donors (Lipinski definition) is 9. The molecule has 422 valence electrons. The van der Waals surface area contributed by atoms with Gasteiger partial charge < -0.3 is 65.1 Å². The second-order valence-electron chi connectivity index (χ2n) is 21.5. The van der Waals surface area contributed by atoms with Crippen LogP contribution in [-0.2, 0) is 23.7 Å². The molecule has 14 nitrogen and oxygen atoms in total. The standard InChI is InChI=1S/C57H111NO13/c1-3-5-7-9-11-13-15-17-19-20-21-22-23-24-25-27-29-31-33-35-37-39-41-49(62)58-45(46(61)40-38-36-34-32-30-28-26-18-16-14-12-10-8-6-4-2)44-68-56-54(67)52(65)55(48(43-60)70-56)71-57-53(66)51(64)50(63)47(42-59)69-57/h45-48,50-57,59-61,63-67H,3-44H2,1-2H3,(H,58,62)/t45-,46+,47+,48+,50-,51?,52?,53?,54?,55+,56+,57-/m0/s1. The molecule has 9 N–H and O–H groups in total. The van der Waals surface area contributed by atoms with Crippen molar-refractivity contribution in [3.05, 3.63) is 0 Å². The van der Waals surface area contributed by atoms with Crippen LogP contribution >= 0.6 is 0 Å². The van der Waals surface area contributed by atoms with Crippen molar-refractivity contribution in [2.24, 2.45) is 0 Å². The molecule has 12 atom stereocenters. The van der Waals surface area contributed by atoms with Gasteiger partial charge in [-0.05, 0) is 12.8 Å². The molecule has 2 heterocycles. The van der Waals surface area contributed by atoms with E-state index in [1.165, 1.54) is 186 Å². The highest BCUT2D eigenvalue weighted by Crippen LogP contribution is 2.30. The van der Waals surface area contributed by atoms with Crippen LogP contribution in [0.3, 0.4) is 0 Å². The molecule has 4 unspecified atom stereocenters. The largest absolute Gasteiger partial charge is 0.394 e. The molecule has 0 bridgehead atoms. The molecule has 0 saturated carbocycles. The summed E-state index contributed by atoms with van der Waals surface area (Å²) in [5, 5.41) is 87.2. The van der Waals surface area contributed by atoms with Gasteiger partial charge in [0.05, 0.1) is 32.0 Å². The summed E-state index contributed by atoms with van der Waals surface area (Å²) in [5.41, 5.74) is 0. The highest BCUT2D eigenvalue weighted by Gasteiger charge is 2.51. The van der Waals surface area contributed by atoms with E-state index in [-0.39, 0.29) is 12.5 Å². The monoisotopic (exact) mass is 1020 g/mol. The number of nitrogens with one attached hydrogen (secondary N) is 1. The van der Waals surface area contributed by atoms with Crippen LogP contribution in [0, 0.1) is 0 Å². The molecule has 2 rings (SSSR count). The molecule has 14 heteroatoms. The quantitative estimate of drug-likeness (QED) is 0.0259. The molecule has 0 aliphatic carbocycles. The highest BCUT2D eigenvalue weighted by molar-refractivity contribution is 5.76. The van der Waals surface area contributed by atoms with Gasteiger partial charge in [0.2, 0.25) is 5.91 Å². The minimum Gasteiger partial charge on any atom is -0.394 e. The van der Waals surface area contributed by atoms with E-state index in [1.807, 2.05) is 0 Å². The predicted molar refractivity (Wildman–Crippen MR) is 282 cm³/mol. The first-order chi connectivity index (χ1) is 34.6. The summed E-state index contributed by atoms with van der Waals surface area (Å²) in [7, 11) is 0. The van der Waals surface area contributed by atoms with Gasteiger partial charge in [-0.25, -0.2) is 0 Å². The Hall–Kier alpha value is -1.01. The van der Waals surface area contributed by atoms with Crippen molar-refractivity contribution < 1.29 is 64.6 Å². The zero-order valence-corrected chi connectivity index (χ0v) is 45.2. The molecule has 0 aromatic heterocycles. The molecule has 2 fully saturated rings. The summed E-state index contributed by atoms with van der Waals surface area (Å²) in [6.45, 7) is 2.89. The smallest absolute Gasteiger partial charge is 0.220 e. The van der Waals surface area contributed by atoms with Gasteiger partial charge in [-0.2, -0.15) is 0 Å². The van der Waals surface area contributed by atoms with Crippen LogP contribution in [0.5, 0.6) is 0 Å². The number of ether oxygens (including phenoxy) is 4. The van der Waals surface area contributed by atoms with E-state index in [4.69, 9.17) is 18.9 Å². The SMILES string of the molecule is CCCCCCCCCCCCCCCCCCCCCCCCC(=O)N[C@@H](CO[C@@H]1O[C@H](CO)[C@@H](O[C@@H]2O[C@H](CO)[C@H](O)C(O)C2O)C(O)C1O)[C@H](O)CCCCCCCCCCCCCCCCC. The van der Waals surface area contributed by atoms with E-state index in [0.717, 1.165) is 51.4 Å². The predicted octanol–water partition coefficient (Wildman–Crippen LogP) is 9.73. The normalized spacial score (nSPS) is 25.7. The van der Waals surface area contributed by atoms with Crippen LogP contribution in [0.25, 0.3) is 0 Å². The van der Waals surface area contributed by atoms with Gasteiger partial charge in [0, 0.05) is 6.42 Å². The van der Waals surface area contributed by atoms with Crippen molar-refractivity contribution in [3.8, 4) is 0 Å². The van der Waals surface area contributed by atoms with Crippen molar-refractivity contribution in [2.75, 3.05) is 19.8 Å². The van der Waals surface area contributed by atoms with E-state index in [1.54, 1.807) is 0 Å². The molecule has 0 aromatic rings. The van der Waals surface area contributed by atoms with E-state index < -0.39 is 86.8 Å². The Morgan fingerprint density at radius 2 is 0.803 bits per heavy atom. The molecule has 2 aliphatic heterocycles. The Kier molecular flexibility index (Phi) is 41.1. The fourth-order valence-corrected chi connectivity index (χ4v) is 10.2. The van der Waals surface area contributed by atoms with Gasteiger partial charge in [-0.15, -0.1) is 0 Å². The van der Waals surface area contributed by atoms with Crippen LogP contribution in [-0.4, -0.2) is 140 Å². The van der Waals surface area contributed by atoms with Gasteiger partial charge in [-0.3, -0.25) is 4.79 Å². The fraction of sp³-hybridized carbons (Fsp3) is 0.982. The Bertz CT molecular complexity index is 1200. The minimum absolute atomic E-state index is 0.200. The lowest BCUT2D eigenvalue weighted by molar-refractivity contribution is -0.359. The lowest BCUT2D eigenvalue weighted by Crippen LogP contribution is -2.65. The van der Waals surface area contributed by atoms with E-state index in [2.05, 4.69) is 19.2 Å². The zero-order chi connectivity index (χ0) is 51.7. The number of aliphatic hydroxyl groups is 8. The number of amides is 1. The summed E-state index contributed by atoms with van der Waals surface area (Å²) in [5.74, 6) is -0.200. The number of hydrogen-bond acceptors (Lipinski definition) is 13. The Morgan fingerprint density at radius 3 is 1.20 bits per heavy atom. The van der Waals surface area contributed by atoms with Crippen molar-refractivity contribution in [1.29, 1.82) is 0 Å². The first-order valence-electron chi connectivity index (χ1n) is 29.8. The van der Waals surface area contributed by atoms with Crippen LogP contribution in [0.2, 0.25) is 0 Å². The molecule has 0 radical (unpaired) electrons. The molecule has 2 aliphatic rings. The van der Waals surface area contributed by atoms with Gasteiger partial charge in [0.25, 0.3) is 0 Å². The molecule has 71 heavy (non-hydrogen) atoms. The van der Waals surface area contributed by atoms with Crippen LogP contribution in [0.15, 0.2) is 0 Å². The number of rotatable bonds is 48. The first-order valence-corrected chi connectivity index (χ1v) is 29.8. The first kappa shape index (κ1) is 66.1. The van der Waals surface area contributed by atoms with Gasteiger partial charge >= 0.3 is 0 Å². The molecule has 1 amide bonds. The number of aliphatic hydroxyl groups excluding tert-OH is 8. The lowest BCUT2D eigenvalue weighted by atomic mass is 9.97. The maximum Gasteiger partial charge on any atom is 0.220 e. The van der Waals surface area contributed by atoms with Crippen LogP contribution in [0.1, 0.15) is 264 Å². The van der Waals surface area contributed by atoms with Crippen LogP contribution < -0.4 is 5.32 Å². The second-order valence-corrected chi connectivity index (χ2v) is 21.5. The number of unbranched alkanes of at least 4 members (excludes halogenated alkanes) is 35. The number of carbonyl (C=O) groups is 1. The lowest BCUT2D eigenvalue weighted by Gasteiger charge is -2.46. The summed E-state index contributed by atoms with van der Waals surface area (Å²) >= 11 is 0. The molecule has 2 saturated heterocycles. The molecular weight excluding hydrogens is 907 g/mol. The Balaban J connectivity index is 1.73. The maximum atomic E-state index is 13.3. The van der Waals surface area contributed by atoms with Crippen molar-refractivity contribution in [3.63, 3.8) is 0 Å². The average Bonchev–Trinajstić information content (AvgIpc) is 3.37. The summed E-state index contributed by atoms with van der Waals surface area (Å²) in [4.78, 5) is 13.3. The van der Waals surface area contributed by atoms with E-state index in [0.29, 0.717) is 12.8 Å². The van der Waals surface area contributed by atoms with Crippen LogP contribution in [0.4, 0.5) is 0 Å². The fourth-order valence-electron chi connectivity index (χ4n) is 10.2. The van der Waals surface area contributed by atoms with Gasteiger partial charge in [0.1, 0.15) is 48.8 Å². The molecule has 0 spiro atoms. The number of carbonyl (C=O) groups excluding carboxylic acids is 1. The van der Waals surface area contributed by atoms with Crippen molar-refractivity contribution in [1.82, 2.24) is 5.32 Å². The minimum atomic E-state index is -1.78. The van der Waals surface area contributed by atoms with Gasteiger partial charge in [-0.1, -0.05) is 245 Å². The van der Waals surface area contributed by atoms with E-state index in [9.17, 15) is 45.6 Å². The topological polar surface area (TPSA) is 228 Å². The van der Waals surface area contributed by atoms with E-state index >= 15 is 0 Å². The Morgan fingerprint density at radius 1 is 0.451 bits per heavy atom. The maximum absolute atomic E-state index is 13.3. The van der Waals surface area contributed by atoms with Crippen molar-refractivity contribution in [2.45, 2.75) is 338 Å². The molecular formula is C57H111NO13. The third kappa shape index (κ3) is 30.4. The third-order valence-corrected chi connectivity index (χ3v) is 15.1. The Labute approximate surface area is 432 Å². The summed E-state index contributed by atoms with van der Waals surface area (Å²) < 4.78 is 22.8. The highest BCUT2D eigenvalue weighted by atomic mass is 16.7. The van der Waals surface area contributed by atoms with Gasteiger partial charge in [0.15, 0.2) is 12.6 Å². The second kappa shape index (κ2) is 44.2. The summed E-state index contributed by atoms with van der Waals surface area (Å²) in [6.07, 6.45) is 31.0.